The van der Waals surface area contributed by atoms with Crippen molar-refractivity contribution < 1.29 is 9.53 Å². The predicted octanol–water partition coefficient (Wildman–Crippen LogP) is 5.53. The molecule has 1 aliphatic heterocycles. The molecule has 0 bridgehead atoms. The molecule has 1 aliphatic rings. The molecule has 0 saturated heterocycles. The number of nitrogens with zero attached hydrogens (tertiary/aromatic N) is 2. The van der Waals surface area contributed by atoms with Crippen LogP contribution in [0.25, 0.3) is 11.1 Å². The smallest absolute Gasteiger partial charge is 0.254 e. The van der Waals surface area contributed by atoms with Gasteiger partial charge in [0.1, 0.15) is 5.75 Å². The summed E-state index contributed by atoms with van der Waals surface area (Å²) in [4.78, 5) is 19.9. The highest BCUT2D eigenvalue weighted by Crippen LogP contribution is 2.27. The molecule has 1 aromatic heterocycles. The number of hydrogen-bond donors (Lipinski definition) is 0. The van der Waals surface area contributed by atoms with Gasteiger partial charge in [-0.25, -0.2) is 0 Å². The first-order valence-electron chi connectivity index (χ1n) is 10.9. The quantitative estimate of drug-likeness (QED) is 0.412. The number of aromatic nitrogens is 1. The number of ether oxygens (including phenoxy) is 1. The fraction of sp³-hybridized carbons (Fsp3) is 0.143. The van der Waals surface area contributed by atoms with E-state index >= 15 is 0 Å². The number of fused-ring (bicyclic) bond motifs is 1. The number of rotatable bonds is 6. The van der Waals surface area contributed by atoms with Crippen LogP contribution in [0.3, 0.4) is 0 Å². The molecule has 3 aromatic carbocycles. The second-order valence-corrected chi connectivity index (χ2v) is 7.97. The van der Waals surface area contributed by atoms with Crippen molar-refractivity contribution in [3.63, 3.8) is 0 Å². The second kappa shape index (κ2) is 9.06. The number of carbonyl (C=O) groups is 1. The van der Waals surface area contributed by atoms with Crippen molar-refractivity contribution in [3.8, 4) is 16.9 Å². The Morgan fingerprint density at radius 2 is 1.69 bits per heavy atom. The Morgan fingerprint density at radius 3 is 2.53 bits per heavy atom. The molecule has 1 amide bonds. The maximum Gasteiger partial charge on any atom is 0.254 e. The molecule has 32 heavy (non-hydrogen) atoms. The van der Waals surface area contributed by atoms with E-state index in [2.05, 4.69) is 35.3 Å². The Hall–Kier alpha value is -3.92. The van der Waals surface area contributed by atoms with Crippen LogP contribution in [-0.2, 0) is 19.5 Å². The molecule has 0 aliphatic carbocycles. The molecule has 4 nitrogen and oxygen atoms in total. The zero-order valence-electron chi connectivity index (χ0n) is 17.8. The van der Waals surface area contributed by atoms with Gasteiger partial charge >= 0.3 is 0 Å². The van der Waals surface area contributed by atoms with Crippen LogP contribution in [0.15, 0.2) is 97.2 Å². The van der Waals surface area contributed by atoms with Crippen LogP contribution in [0.4, 0.5) is 0 Å². The van der Waals surface area contributed by atoms with Gasteiger partial charge < -0.3 is 9.64 Å². The van der Waals surface area contributed by atoms with Gasteiger partial charge in [-0.1, -0.05) is 54.6 Å². The standard InChI is InChI=1S/C28H24N2O2/c31-28(25-12-13-27-24(18-25)14-16-32-27)30(20-26-11-4-5-15-29-26)19-21-7-6-10-23(17-21)22-8-2-1-3-9-22/h1-13,15,17-18H,14,16,19-20H2. The largest absolute Gasteiger partial charge is 0.493 e. The second-order valence-electron chi connectivity index (χ2n) is 7.97. The van der Waals surface area contributed by atoms with Gasteiger partial charge in [0, 0.05) is 24.7 Å². The summed E-state index contributed by atoms with van der Waals surface area (Å²) < 4.78 is 5.61. The first-order valence-corrected chi connectivity index (χ1v) is 10.9. The maximum atomic E-state index is 13.6. The van der Waals surface area contributed by atoms with Crippen LogP contribution in [0, 0.1) is 0 Å². The van der Waals surface area contributed by atoms with Gasteiger partial charge in [-0.3, -0.25) is 9.78 Å². The van der Waals surface area contributed by atoms with E-state index in [1.807, 2.05) is 65.6 Å². The van der Waals surface area contributed by atoms with Gasteiger partial charge in [0.15, 0.2) is 0 Å². The van der Waals surface area contributed by atoms with Crippen molar-refractivity contribution in [1.29, 1.82) is 0 Å². The average molecular weight is 421 g/mol. The Labute approximate surface area is 188 Å². The van der Waals surface area contributed by atoms with Gasteiger partial charge in [0.2, 0.25) is 0 Å². The van der Waals surface area contributed by atoms with Crippen LogP contribution in [0.2, 0.25) is 0 Å². The topological polar surface area (TPSA) is 42.4 Å². The summed E-state index contributed by atoms with van der Waals surface area (Å²) in [6.45, 7) is 1.63. The predicted molar refractivity (Wildman–Crippen MR) is 125 cm³/mol. The summed E-state index contributed by atoms with van der Waals surface area (Å²) in [6.07, 6.45) is 2.61. The normalized spacial score (nSPS) is 12.1. The van der Waals surface area contributed by atoms with E-state index in [1.165, 1.54) is 0 Å². The summed E-state index contributed by atoms with van der Waals surface area (Å²) in [5.41, 5.74) is 6.03. The van der Waals surface area contributed by atoms with E-state index in [0.29, 0.717) is 25.3 Å². The minimum Gasteiger partial charge on any atom is -0.493 e. The van der Waals surface area contributed by atoms with E-state index in [4.69, 9.17) is 4.74 Å². The lowest BCUT2D eigenvalue weighted by Gasteiger charge is -2.23. The summed E-state index contributed by atoms with van der Waals surface area (Å²) in [7, 11) is 0. The third-order valence-electron chi connectivity index (χ3n) is 5.71. The summed E-state index contributed by atoms with van der Waals surface area (Å²) in [5, 5.41) is 0. The van der Waals surface area contributed by atoms with E-state index in [0.717, 1.165) is 40.1 Å². The van der Waals surface area contributed by atoms with Crippen molar-refractivity contribution in [2.75, 3.05) is 6.61 Å². The van der Waals surface area contributed by atoms with Crippen molar-refractivity contribution in [2.45, 2.75) is 19.5 Å². The Kier molecular flexibility index (Phi) is 5.67. The van der Waals surface area contributed by atoms with E-state index in [-0.39, 0.29) is 5.91 Å². The van der Waals surface area contributed by atoms with Crippen molar-refractivity contribution in [2.24, 2.45) is 0 Å². The lowest BCUT2D eigenvalue weighted by atomic mass is 10.0. The molecule has 0 N–H and O–H groups in total. The maximum absolute atomic E-state index is 13.6. The van der Waals surface area contributed by atoms with Gasteiger partial charge in [0.25, 0.3) is 5.91 Å². The zero-order chi connectivity index (χ0) is 21.8. The third kappa shape index (κ3) is 4.40. The molecule has 0 unspecified atom stereocenters. The lowest BCUT2D eigenvalue weighted by Crippen LogP contribution is -2.30. The summed E-state index contributed by atoms with van der Waals surface area (Å²) >= 11 is 0. The van der Waals surface area contributed by atoms with Crippen molar-refractivity contribution in [1.82, 2.24) is 9.88 Å². The fourth-order valence-corrected chi connectivity index (χ4v) is 4.09. The number of carbonyl (C=O) groups excluding carboxylic acids is 1. The molecule has 4 heteroatoms. The molecule has 4 aromatic rings. The van der Waals surface area contributed by atoms with Crippen molar-refractivity contribution in [3.05, 3.63) is 120 Å². The molecule has 158 valence electrons. The molecular weight excluding hydrogens is 396 g/mol. The van der Waals surface area contributed by atoms with Crippen LogP contribution in [-0.4, -0.2) is 22.4 Å². The molecule has 5 rings (SSSR count). The molecule has 0 fully saturated rings. The van der Waals surface area contributed by atoms with Crippen LogP contribution >= 0.6 is 0 Å². The number of benzene rings is 3. The van der Waals surface area contributed by atoms with E-state index in [1.54, 1.807) is 6.20 Å². The highest BCUT2D eigenvalue weighted by molar-refractivity contribution is 5.94. The fourth-order valence-electron chi connectivity index (χ4n) is 4.09. The van der Waals surface area contributed by atoms with E-state index in [9.17, 15) is 4.79 Å². The highest BCUT2D eigenvalue weighted by atomic mass is 16.5. The summed E-state index contributed by atoms with van der Waals surface area (Å²) in [5.74, 6) is 0.879. The Balaban J connectivity index is 1.44. The Morgan fingerprint density at radius 1 is 0.844 bits per heavy atom. The Bertz CT molecular complexity index is 1220. The number of amides is 1. The van der Waals surface area contributed by atoms with E-state index < -0.39 is 0 Å². The van der Waals surface area contributed by atoms with Crippen LogP contribution in [0.5, 0.6) is 5.75 Å². The number of hydrogen-bond acceptors (Lipinski definition) is 3. The average Bonchev–Trinajstić information content (AvgIpc) is 3.33. The molecular formula is C28H24N2O2. The minimum absolute atomic E-state index is 0.00420. The lowest BCUT2D eigenvalue weighted by molar-refractivity contribution is 0.0728. The molecule has 0 atom stereocenters. The van der Waals surface area contributed by atoms with Gasteiger partial charge in [-0.05, 0) is 58.7 Å². The highest BCUT2D eigenvalue weighted by Gasteiger charge is 2.20. The van der Waals surface area contributed by atoms with Gasteiger partial charge in [0.05, 0.1) is 18.8 Å². The van der Waals surface area contributed by atoms with Crippen LogP contribution < -0.4 is 4.74 Å². The molecule has 0 spiro atoms. The van der Waals surface area contributed by atoms with Crippen molar-refractivity contribution >= 4 is 5.91 Å². The zero-order valence-corrected chi connectivity index (χ0v) is 17.8. The van der Waals surface area contributed by atoms with Gasteiger partial charge in [-0.15, -0.1) is 0 Å². The molecule has 0 radical (unpaired) electrons. The number of pyridine rings is 1. The molecule has 2 heterocycles. The van der Waals surface area contributed by atoms with Crippen LogP contribution in [0.1, 0.15) is 27.2 Å². The minimum atomic E-state index is -0.00420. The monoisotopic (exact) mass is 420 g/mol. The SMILES string of the molecule is O=C(c1ccc2c(c1)CCO2)N(Cc1cccc(-c2ccccc2)c1)Cc1ccccn1. The van der Waals surface area contributed by atoms with Gasteiger partial charge in [-0.2, -0.15) is 0 Å². The third-order valence-corrected chi connectivity index (χ3v) is 5.71. The molecule has 0 saturated carbocycles. The first-order chi connectivity index (χ1) is 15.8. The first kappa shape index (κ1) is 20.0. The summed E-state index contributed by atoms with van der Waals surface area (Å²) in [6, 6.07) is 30.2.